The number of pyridine rings is 1. The number of thiophene rings is 1. The maximum absolute atomic E-state index is 4.68. The lowest BCUT2D eigenvalue weighted by Gasteiger charge is -2.04. The largest absolute Gasteiger partial charge is 0.365 e. The van der Waals surface area contributed by atoms with Crippen molar-refractivity contribution < 1.29 is 0 Å². The summed E-state index contributed by atoms with van der Waals surface area (Å²) in [6, 6.07) is 8.30. The summed E-state index contributed by atoms with van der Waals surface area (Å²) in [6.07, 6.45) is 0. The number of thiazole rings is 1. The van der Waals surface area contributed by atoms with E-state index in [4.69, 9.17) is 0 Å². The molecule has 0 amide bonds. The third-order valence-corrected chi connectivity index (χ3v) is 4.61. The van der Waals surface area contributed by atoms with Gasteiger partial charge in [0, 0.05) is 23.7 Å². The molecule has 0 radical (unpaired) electrons. The van der Waals surface area contributed by atoms with Crippen LogP contribution in [-0.2, 0) is 0 Å². The van der Waals surface area contributed by atoms with Gasteiger partial charge in [-0.05, 0) is 30.5 Å². The summed E-state index contributed by atoms with van der Waals surface area (Å²) < 4.78 is 0. The lowest BCUT2D eigenvalue weighted by molar-refractivity contribution is 1.20. The van der Waals surface area contributed by atoms with Gasteiger partial charge in [0.25, 0.3) is 0 Å². The van der Waals surface area contributed by atoms with Gasteiger partial charge in [0.15, 0.2) is 5.13 Å². The van der Waals surface area contributed by atoms with E-state index in [0.29, 0.717) is 0 Å². The molecule has 0 bridgehead atoms. The van der Waals surface area contributed by atoms with E-state index in [1.807, 2.05) is 20.0 Å². The van der Waals surface area contributed by atoms with Crippen LogP contribution in [0.2, 0.25) is 0 Å². The van der Waals surface area contributed by atoms with Crippen LogP contribution in [0.15, 0.2) is 35.0 Å². The van der Waals surface area contributed by atoms with E-state index < -0.39 is 0 Å². The summed E-state index contributed by atoms with van der Waals surface area (Å²) in [5, 5.41) is 8.11. The Morgan fingerprint density at radius 3 is 2.58 bits per heavy atom. The maximum Gasteiger partial charge on any atom is 0.182 e. The predicted molar refractivity (Wildman–Crippen MR) is 82.9 cm³/mol. The number of aromatic nitrogens is 2. The van der Waals surface area contributed by atoms with E-state index in [0.717, 1.165) is 27.8 Å². The van der Waals surface area contributed by atoms with Crippen LogP contribution in [-0.4, -0.2) is 17.0 Å². The summed E-state index contributed by atoms with van der Waals surface area (Å²) >= 11 is 3.32. The quantitative estimate of drug-likeness (QED) is 0.781. The first-order valence-corrected chi connectivity index (χ1v) is 7.69. The Kier molecular flexibility index (Phi) is 3.31. The van der Waals surface area contributed by atoms with Crippen LogP contribution in [0, 0.1) is 6.92 Å². The Bertz CT molecular complexity index is 687. The van der Waals surface area contributed by atoms with E-state index in [-0.39, 0.29) is 0 Å². The summed E-state index contributed by atoms with van der Waals surface area (Å²) in [5.41, 5.74) is 4.12. The summed E-state index contributed by atoms with van der Waals surface area (Å²) in [5.74, 6) is 0. The minimum absolute atomic E-state index is 0.928. The number of anilines is 1. The van der Waals surface area contributed by atoms with Crippen LogP contribution >= 0.6 is 22.7 Å². The normalized spacial score (nSPS) is 10.6. The molecule has 0 saturated heterocycles. The topological polar surface area (TPSA) is 37.8 Å². The molecule has 0 fully saturated rings. The summed E-state index contributed by atoms with van der Waals surface area (Å²) in [7, 11) is 1.88. The van der Waals surface area contributed by atoms with Crippen molar-refractivity contribution in [2.75, 3.05) is 12.4 Å². The number of nitrogens with zero attached hydrogens (tertiary/aromatic N) is 2. The Hall–Kier alpha value is -1.72. The number of hydrogen-bond donors (Lipinski definition) is 1. The molecule has 3 heterocycles. The fourth-order valence-electron chi connectivity index (χ4n) is 1.91. The molecule has 96 valence electrons. The van der Waals surface area contributed by atoms with Crippen molar-refractivity contribution >= 4 is 27.8 Å². The monoisotopic (exact) mass is 287 g/mol. The fraction of sp³-hybridized carbons (Fsp3) is 0.143. The van der Waals surface area contributed by atoms with Gasteiger partial charge in [0.05, 0.1) is 16.3 Å². The molecule has 1 N–H and O–H groups in total. The van der Waals surface area contributed by atoms with Crippen molar-refractivity contribution in [3.63, 3.8) is 0 Å². The van der Waals surface area contributed by atoms with Crippen molar-refractivity contribution in [1.29, 1.82) is 0 Å². The smallest absolute Gasteiger partial charge is 0.182 e. The molecular weight excluding hydrogens is 274 g/mol. The van der Waals surface area contributed by atoms with Gasteiger partial charge in [-0.25, -0.2) is 4.98 Å². The van der Waals surface area contributed by atoms with Gasteiger partial charge in [-0.15, -0.1) is 22.7 Å². The molecule has 3 aromatic rings. The van der Waals surface area contributed by atoms with E-state index in [1.165, 1.54) is 4.88 Å². The van der Waals surface area contributed by atoms with Crippen molar-refractivity contribution in [2.45, 2.75) is 6.92 Å². The van der Waals surface area contributed by atoms with Crippen molar-refractivity contribution in [2.24, 2.45) is 0 Å². The minimum atomic E-state index is 0.928. The average Bonchev–Trinajstić information content (AvgIpc) is 3.10. The van der Waals surface area contributed by atoms with Crippen LogP contribution in [0.3, 0.4) is 0 Å². The molecule has 0 unspecified atom stereocenters. The third kappa shape index (κ3) is 2.39. The van der Waals surface area contributed by atoms with Crippen LogP contribution in [0.4, 0.5) is 5.13 Å². The Morgan fingerprint density at radius 1 is 1.05 bits per heavy atom. The number of rotatable bonds is 3. The zero-order valence-corrected chi connectivity index (χ0v) is 12.3. The average molecular weight is 287 g/mol. The van der Waals surface area contributed by atoms with Crippen LogP contribution in [0.5, 0.6) is 0 Å². The first kappa shape index (κ1) is 12.3. The highest BCUT2D eigenvalue weighted by molar-refractivity contribution is 7.14. The van der Waals surface area contributed by atoms with E-state index in [2.05, 4.69) is 44.2 Å². The molecule has 3 rings (SSSR count). The van der Waals surface area contributed by atoms with Crippen LogP contribution < -0.4 is 5.32 Å². The third-order valence-electron chi connectivity index (χ3n) is 2.85. The summed E-state index contributed by atoms with van der Waals surface area (Å²) in [6.45, 7) is 2.03. The minimum Gasteiger partial charge on any atom is -0.365 e. The van der Waals surface area contributed by atoms with Crippen molar-refractivity contribution in [1.82, 2.24) is 9.97 Å². The molecular formula is C14H13N3S2. The lowest BCUT2D eigenvalue weighted by Crippen LogP contribution is -1.91. The van der Waals surface area contributed by atoms with Crippen molar-refractivity contribution in [3.8, 4) is 21.8 Å². The Balaban J connectivity index is 2.00. The van der Waals surface area contributed by atoms with Crippen LogP contribution in [0.1, 0.15) is 5.69 Å². The predicted octanol–water partition coefficient (Wildman–Crippen LogP) is 4.28. The standard InChI is InChI=1S/C14H13N3S2/c1-9-10(12-8-19-14(15-2)17-12)5-6-11(16-9)13-4-3-7-18-13/h3-8H,1-2H3,(H,15,17). The molecule has 0 aliphatic rings. The molecule has 19 heavy (non-hydrogen) atoms. The highest BCUT2D eigenvalue weighted by Gasteiger charge is 2.09. The zero-order valence-electron chi connectivity index (χ0n) is 10.7. The SMILES string of the molecule is CNc1nc(-c2ccc(-c3cccs3)nc2C)cs1. The van der Waals surface area contributed by atoms with E-state index in [9.17, 15) is 0 Å². The van der Waals surface area contributed by atoms with E-state index >= 15 is 0 Å². The van der Waals surface area contributed by atoms with Gasteiger partial charge in [-0.1, -0.05) is 6.07 Å². The Morgan fingerprint density at radius 2 is 1.95 bits per heavy atom. The molecule has 0 saturated carbocycles. The van der Waals surface area contributed by atoms with Gasteiger partial charge >= 0.3 is 0 Å². The first-order valence-electron chi connectivity index (χ1n) is 5.93. The molecule has 0 aromatic carbocycles. The number of aryl methyl sites for hydroxylation is 1. The van der Waals surface area contributed by atoms with Crippen molar-refractivity contribution in [3.05, 3.63) is 40.7 Å². The molecule has 0 spiro atoms. The highest BCUT2D eigenvalue weighted by atomic mass is 32.1. The maximum atomic E-state index is 4.68. The van der Waals surface area contributed by atoms with Gasteiger partial charge < -0.3 is 5.32 Å². The van der Waals surface area contributed by atoms with Gasteiger partial charge in [-0.2, -0.15) is 0 Å². The highest BCUT2D eigenvalue weighted by Crippen LogP contribution is 2.29. The van der Waals surface area contributed by atoms with E-state index in [1.54, 1.807) is 22.7 Å². The van der Waals surface area contributed by atoms with Gasteiger partial charge in [-0.3, -0.25) is 4.98 Å². The summed E-state index contributed by atoms with van der Waals surface area (Å²) in [4.78, 5) is 10.4. The molecule has 0 aliphatic heterocycles. The molecule has 0 aliphatic carbocycles. The fourth-order valence-corrected chi connectivity index (χ4v) is 3.27. The lowest BCUT2D eigenvalue weighted by atomic mass is 10.1. The molecule has 0 atom stereocenters. The van der Waals surface area contributed by atoms with Gasteiger partial charge in [0.2, 0.25) is 0 Å². The Labute approximate surface area is 120 Å². The molecule has 3 nitrogen and oxygen atoms in total. The molecule has 5 heteroatoms. The second kappa shape index (κ2) is 5.11. The van der Waals surface area contributed by atoms with Gasteiger partial charge in [0.1, 0.15) is 0 Å². The second-order valence-corrected chi connectivity index (χ2v) is 5.90. The van der Waals surface area contributed by atoms with Crippen LogP contribution in [0.25, 0.3) is 21.8 Å². The number of hydrogen-bond acceptors (Lipinski definition) is 5. The zero-order chi connectivity index (χ0) is 13.2. The number of nitrogens with one attached hydrogen (secondary N) is 1. The molecule has 3 aromatic heterocycles. The first-order chi connectivity index (χ1) is 9.28. The second-order valence-electron chi connectivity index (χ2n) is 4.09.